The number of aryl methyl sites for hydroxylation is 1. The molecule has 1 fully saturated rings. The van der Waals surface area contributed by atoms with Crippen molar-refractivity contribution in [2.75, 3.05) is 25.5 Å². The van der Waals surface area contributed by atoms with E-state index < -0.39 is 0 Å². The summed E-state index contributed by atoms with van der Waals surface area (Å²) in [6, 6.07) is 2.30. The number of rotatable bonds is 2. The van der Waals surface area contributed by atoms with Crippen LogP contribution >= 0.6 is 0 Å². The number of carbonyl (C=O) groups is 1. The summed E-state index contributed by atoms with van der Waals surface area (Å²) in [5, 5.41) is 0. The first kappa shape index (κ1) is 13.8. The van der Waals surface area contributed by atoms with Crippen LogP contribution in [0.25, 0.3) is 0 Å². The van der Waals surface area contributed by atoms with Crippen LogP contribution in [0.3, 0.4) is 0 Å². The number of likely N-dealkylation sites (tertiary alicyclic amines) is 1. The van der Waals surface area contributed by atoms with Gasteiger partial charge < -0.3 is 9.80 Å². The molecule has 0 aromatic carbocycles. The van der Waals surface area contributed by atoms with E-state index in [2.05, 4.69) is 18.0 Å². The molecule has 0 saturated carbocycles. The van der Waals surface area contributed by atoms with Crippen molar-refractivity contribution in [3.05, 3.63) is 23.4 Å². The van der Waals surface area contributed by atoms with Crippen LogP contribution in [0.15, 0.2) is 12.3 Å². The summed E-state index contributed by atoms with van der Waals surface area (Å²) in [7, 11) is 3.98. The van der Waals surface area contributed by atoms with Gasteiger partial charge in [-0.1, -0.05) is 0 Å². The number of piperidine rings is 1. The Balaban J connectivity index is 2.31. The van der Waals surface area contributed by atoms with Crippen molar-refractivity contribution in [3.8, 4) is 0 Å². The molecular formula is C15H23N3O. The molecule has 1 unspecified atom stereocenters. The molecule has 1 atom stereocenters. The molecule has 2 rings (SSSR count). The van der Waals surface area contributed by atoms with Crippen molar-refractivity contribution in [1.29, 1.82) is 0 Å². The van der Waals surface area contributed by atoms with Gasteiger partial charge in [-0.15, -0.1) is 0 Å². The Morgan fingerprint density at radius 1 is 1.42 bits per heavy atom. The normalized spacial score (nSPS) is 19.4. The summed E-state index contributed by atoms with van der Waals surface area (Å²) >= 11 is 0. The van der Waals surface area contributed by atoms with E-state index in [9.17, 15) is 4.79 Å². The highest BCUT2D eigenvalue weighted by Crippen LogP contribution is 2.33. The molecule has 1 aromatic rings. The fourth-order valence-corrected chi connectivity index (χ4v) is 2.78. The third-order valence-corrected chi connectivity index (χ3v) is 3.86. The van der Waals surface area contributed by atoms with E-state index in [4.69, 9.17) is 0 Å². The van der Waals surface area contributed by atoms with Gasteiger partial charge in [-0.3, -0.25) is 4.79 Å². The second-order valence-electron chi connectivity index (χ2n) is 5.52. The van der Waals surface area contributed by atoms with E-state index >= 15 is 0 Å². The van der Waals surface area contributed by atoms with Gasteiger partial charge in [-0.05, 0) is 43.4 Å². The first-order valence-corrected chi connectivity index (χ1v) is 6.91. The van der Waals surface area contributed by atoms with Gasteiger partial charge in [-0.25, -0.2) is 4.98 Å². The molecule has 0 aliphatic carbocycles. The zero-order chi connectivity index (χ0) is 14.0. The van der Waals surface area contributed by atoms with E-state index in [1.807, 2.05) is 30.1 Å². The molecule has 4 heteroatoms. The molecule has 1 aliphatic rings. The Morgan fingerprint density at radius 2 is 2.16 bits per heavy atom. The largest absolute Gasteiger partial charge is 0.363 e. The highest BCUT2D eigenvalue weighted by Gasteiger charge is 2.27. The maximum absolute atomic E-state index is 11.8. The highest BCUT2D eigenvalue weighted by atomic mass is 16.2. The van der Waals surface area contributed by atoms with E-state index in [-0.39, 0.29) is 11.9 Å². The lowest BCUT2D eigenvalue weighted by Gasteiger charge is -2.36. The van der Waals surface area contributed by atoms with Crippen molar-refractivity contribution in [1.82, 2.24) is 9.88 Å². The monoisotopic (exact) mass is 261 g/mol. The van der Waals surface area contributed by atoms with Crippen LogP contribution in [-0.2, 0) is 4.79 Å². The third kappa shape index (κ3) is 2.88. The maximum Gasteiger partial charge on any atom is 0.219 e. The first-order chi connectivity index (χ1) is 9.00. The summed E-state index contributed by atoms with van der Waals surface area (Å²) < 4.78 is 0. The lowest BCUT2D eigenvalue weighted by Crippen LogP contribution is -2.37. The number of anilines is 1. The van der Waals surface area contributed by atoms with Crippen LogP contribution in [0.5, 0.6) is 0 Å². The number of aromatic nitrogens is 1. The van der Waals surface area contributed by atoms with Crippen molar-refractivity contribution in [2.45, 2.75) is 39.2 Å². The molecule has 1 aliphatic heterocycles. The number of pyridine rings is 1. The highest BCUT2D eigenvalue weighted by molar-refractivity contribution is 5.74. The van der Waals surface area contributed by atoms with E-state index in [1.54, 1.807) is 6.92 Å². The predicted molar refractivity (Wildman–Crippen MR) is 77.3 cm³/mol. The number of nitrogens with zero attached hydrogens (tertiary/aromatic N) is 3. The van der Waals surface area contributed by atoms with E-state index in [1.165, 1.54) is 17.5 Å². The van der Waals surface area contributed by atoms with Crippen molar-refractivity contribution < 1.29 is 4.79 Å². The second-order valence-corrected chi connectivity index (χ2v) is 5.52. The van der Waals surface area contributed by atoms with Gasteiger partial charge >= 0.3 is 0 Å². The molecule has 1 saturated heterocycles. The fraction of sp³-hybridized carbons (Fsp3) is 0.600. The van der Waals surface area contributed by atoms with Gasteiger partial charge in [0.05, 0.1) is 6.04 Å². The average molecular weight is 261 g/mol. The lowest BCUT2D eigenvalue weighted by atomic mass is 9.93. The average Bonchev–Trinajstić information content (AvgIpc) is 2.38. The summed E-state index contributed by atoms with van der Waals surface area (Å²) in [6.07, 6.45) is 5.28. The minimum absolute atomic E-state index is 0.167. The number of carbonyl (C=O) groups excluding carboxylic acids is 1. The minimum Gasteiger partial charge on any atom is -0.363 e. The van der Waals surface area contributed by atoms with Crippen molar-refractivity contribution >= 4 is 11.7 Å². The van der Waals surface area contributed by atoms with Gasteiger partial charge in [0.1, 0.15) is 5.82 Å². The molecule has 1 amide bonds. The van der Waals surface area contributed by atoms with Crippen LogP contribution in [0.1, 0.15) is 43.4 Å². The zero-order valence-electron chi connectivity index (χ0n) is 12.3. The SMILES string of the molecule is CC(=O)N1CCCCC1c1cnc(N(C)C)cc1C. The molecule has 0 spiro atoms. The topological polar surface area (TPSA) is 36.4 Å². The Morgan fingerprint density at radius 3 is 2.74 bits per heavy atom. The summed E-state index contributed by atoms with van der Waals surface area (Å²) in [5.74, 6) is 1.13. The van der Waals surface area contributed by atoms with Crippen LogP contribution in [-0.4, -0.2) is 36.4 Å². The smallest absolute Gasteiger partial charge is 0.219 e. The molecular weight excluding hydrogens is 238 g/mol. The summed E-state index contributed by atoms with van der Waals surface area (Å²) in [4.78, 5) is 20.3. The number of hydrogen-bond acceptors (Lipinski definition) is 3. The predicted octanol–water partition coefficient (Wildman–Crippen LogP) is 2.53. The Kier molecular flexibility index (Phi) is 4.08. The molecule has 0 radical (unpaired) electrons. The van der Waals surface area contributed by atoms with Crippen LogP contribution in [0.4, 0.5) is 5.82 Å². The van der Waals surface area contributed by atoms with Crippen LogP contribution in [0, 0.1) is 6.92 Å². The molecule has 19 heavy (non-hydrogen) atoms. The summed E-state index contributed by atoms with van der Waals surface area (Å²) in [5.41, 5.74) is 2.41. The van der Waals surface area contributed by atoms with E-state index in [0.717, 1.165) is 25.2 Å². The quantitative estimate of drug-likeness (QED) is 0.821. The zero-order valence-corrected chi connectivity index (χ0v) is 12.3. The van der Waals surface area contributed by atoms with Crippen LogP contribution < -0.4 is 4.90 Å². The van der Waals surface area contributed by atoms with Crippen LogP contribution in [0.2, 0.25) is 0 Å². The lowest BCUT2D eigenvalue weighted by molar-refractivity contribution is -0.132. The van der Waals surface area contributed by atoms with Gasteiger partial charge in [0.25, 0.3) is 0 Å². The Hall–Kier alpha value is -1.58. The Labute approximate surface area is 115 Å². The van der Waals surface area contributed by atoms with Gasteiger partial charge in [0.2, 0.25) is 5.91 Å². The molecule has 0 bridgehead atoms. The molecule has 0 N–H and O–H groups in total. The maximum atomic E-state index is 11.8. The van der Waals surface area contributed by atoms with E-state index in [0.29, 0.717) is 0 Å². The summed E-state index contributed by atoms with van der Waals surface area (Å²) in [6.45, 7) is 4.64. The third-order valence-electron chi connectivity index (χ3n) is 3.86. The molecule has 4 nitrogen and oxygen atoms in total. The van der Waals surface area contributed by atoms with Crippen molar-refractivity contribution in [2.24, 2.45) is 0 Å². The number of hydrogen-bond donors (Lipinski definition) is 0. The molecule has 104 valence electrons. The van der Waals surface area contributed by atoms with Gasteiger partial charge in [-0.2, -0.15) is 0 Å². The van der Waals surface area contributed by atoms with Crippen molar-refractivity contribution in [3.63, 3.8) is 0 Å². The first-order valence-electron chi connectivity index (χ1n) is 6.91. The second kappa shape index (κ2) is 5.59. The van der Waals surface area contributed by atoms with Gasteiger partial charge in [0, 0.05) is 33.8 Å². The fourth-order valence-electron chi connectivity index (χ4n) is 2.78. The molecule has 2 heterocycles. The molecule has 1 aromatic heterocycles. The van der Waals surface area contributed by atoms with Gasteiger partial charge in [0.15, 0.2) is 0 Å². The Bertz CT molecular complexity index is 470. The number of amides is 1. The minimum atomic E-state index is 0.167. The standard InChI is InChI=1S/C15H23N3O/c1-11-9-15(17(3)4)16-10-13(11)14-7-5-6-8-18(14)12(2)19/h9-10,14H,5-8H2,1-4H3.